The van der Waals surface area contributed by atoms with Crippen LogP contribution in [0.15, 0.2) is 16.8 Å². The zero-order chi connectivity index (χ0) is 15.4. The molecule has 0 aliphatic carbocycles. The van der Waals surface area contributed by atoms with Crippen molar-refractivity contribution in [2.75, 3.05) is 0 Å². The molecule has 1 saturated heterocycles. The molecule has 2 rings (SSSR count). The van der Waals surface area contributed by atoms with Crippen molar-refractivity contribution in [3.63, 3.8) is 0 Å². The SMILES string of the molecule is CCCC(CC)N1C(=O)C(CC(C)C)NC1c1ccsc1. The Morgan fingerprint density at radius 3 is 2.67 bits per heavy atom. The number of amides is 1. The Hall–Kier alpha value is -0.870. The summed E-state index contributed by atoms with van der Waals surface area (Å²) >= 11 is 1.70. The standard InChI is InChI=1S/C17H28N2OS/c1-5-7-14(6-2)19-16(13-8-9-21-11-13)18-15(17(19)20)10-12(3)4/h8-9,11-12,14-16,18H,5-7,10H2,1-4H3. The van der Waals surface area contributed by atoms with E-state index in [4.69, 9.17) is 0 Å². The third-order valence-corrected chi connectivity index (χ3v) is 4.94. The van der Waals surface area contributed by atoms with E-state index in [0.29, 0.717) is 17.9 Å². The van der Waals surface area contributed by atoms with Crippen LogP contribution in [0.2, 0.25) is 0 Å². The van der Waals surface area contributed by atoms with E-state index in [2.05, 4.69) is 54.7 Å². The first-order valence-corrected chi connectivity index (χ1v) is 9.13. The van der Waals surface area contributed by atoms with Crippen molar-refractivity contribution >= 4 is 17.2 Å². The molecule has 1 fully saturated rings. The highest BCUT2D eigenvalue weighted by atomic mass is 32.1. The summed E-state index contributed by atoms with van der Waals surface area (Å²) in [6, 6.07) is 2.46. The molecular formula is C17H28N2OS. The molecule has 3 nitrogen and oxygen atoms in total. The van der Waals surface area contributed by atoms with Gasteiger partial charge in [0.2, 0.25) is 5.91 Å². The van der Waals surface area contributed by atoms with Crippen LogP contribution < -0.4 is 5.32 Å². The highest BCUT2D eigenvalue weighted by Crippen LogP contribution is 2.32. The highest BCUT2D eigenvalue weighted by Gasteiger charge is 2.42. The molecule has 1 amide bonds. The quantitative estimate of drug-likeness (QED) is 0.820. The number of carbonyl (C=O) groups excluding carboxylic acids is 1. The molecule has 118 valence electrons. The Bertz CT molecular complexity index is 444. The first kappa shape index (κ1) is 16.5. The molecule has 3 atom stereocenters. The van der Waals surface area contributed by atoms with Gasteiger partial charge in [0, 0.05) is 6.04 Å². The first-order valence-electron chi connectivity index (χ1n) is 8.18. The topological polar surface area (TPSA) is 32.3 Å². The third-order valence-electron chi connectivity index (χ3n) is 4.24. The second-order valence-corrected chi connectivity index (χ2v) is 7.18. The average Bonchev–Trinajstić information content (AvgIpc) is 3.05. The molecule has 0 aromatic carbocycles. The van der Waals surface area contributed by atoms with E-state index in [-0.39, 0.29) is 12.2 Å². The predicted octanol–water partition coefficient (Wildman–Crippen LogP) is 4.17. The van der Waals surface area contributed by atoms with Gasteiger partial charge in [-0.3, -0.25) is 10.1 Å². The Morgan fingerprint density at radius 1 is 1.38 bits per heavy atom. The van der Waals surface area contributed by atoms with Gasteiger partial charge >= 0.3 is 0 Å². The van der Waals surface area contributed by atoms with Crippen LogP contribution in [0.3, 0.4) is 0 Å². The van der Waals surface area contributed by atoms with Gasteiger partial charge < -0.3 is 4.90 Å². The molecule has 1 aliphatic rings. The summed E-state index contributed by atoms with van der Waals surface area (Å²) in [5, 5.41) is 7.84. The normalized spacial score (nSPS) is 24.0. The monoisotopic (exact) mass is 308 g/mol. The lowest BCUT2D eigenvalue weighted by Gasteiger charge is -2.32. The van der Waals surface area contributed by atoms with Crippen LogP contribution in [-0.4, -0.2) is 22.9 Å². The summed E-state index contributed by atoms with van der Waals surface area (Å²) in [7, 11) is 0. The molecule has 4 heteroatoms. The Balaban J connectivity index is 2.25. The number of thiophene rings is 1. The molecule has 2 heterocycles. The Morgan fingerprint density at radius 2 is 2.14 bits per heavy atom. The van der Waals surface area contributed by atoms with Gasteiger partial charge in [0.05, 0.1) is 6.04 Å². The second-order valence-electron chi connectivity index (χ2n) is 6.40. The fourth-order valence-electron chi connectivity index (χ4n) is 3.24. The van der Waals surface area contributed by atoms with E-state index in [0.717, 1.165) is 25.7 Å². The van der Waals surface area contributed by atoms with Crippen molar-refractivity contribution in [3.8, 4) is 0 Å². The average molecular weight is 308 g/mol. The zero-order valence-corrected chi connectivity index (χ0v) is 14.5. The smallest absolute Gasteiger partial charge is 0.241 e. The molecule has 0 spiro atoms. The molecule has 1 aromatic heterocycles. The summed E-state index contributed by atoms with van der Waals surface area (Å²) in [5.41, 5.74) is 1.23. The number of hydrogen-bond donors (Lipinski definition) is 1. The van der Waals surface area contributed by atoms with Crippen molar-refractivity contribution in [1.82, 2.24) is 10.2 Å². The fourth-order valence-corrected chi connectivity index (χ4v) is 3.92. The van der Waals surface area contributed by atoms with E-state index in [1.807, 2.05) is 0 Å². The van der Waals surface area contributed by atoms with Gasteiger partial charge in [-0.1, -0.05) is 34.1 Å². The minimum atomic E-state index is -0.0270. The van der Waals surface area contributed by atoms with Crippen molar-refractivity contribution in [2.45, 2.75) is 71.6 Å². The van der Waals surface area contributed by atoms with Gasteiger partial charge in [0.1, 0.15) is 6.17 Å². The van der Waals surface area contributed by atoms with Gasteiger partial charge in [0.25, 0.3) is 0 Å². The van der Waals surface area contributed by atoms with E-state index in [9.17, 15) is 4.79 Å². The lowest BCUT2D eigenvalue weighted by atomic mass is 10.0. The van der Waals surface area contributed by atoms with E-state index >= 15 is 0 Å². The van der Waals surface area contributed by atoms with Gasteiger partial charge in [-0.15, -0.1) is 0 Å². The summed E-state index contributed by atoms with van der Waals surface area (Å²) in [4.78, 5) is 15.0. The van der Waals surface area contributed by atoms with Crippen LogP contribution in [0.1, 0.15) is 65.1 Å². The molecule has 0 bridgehead atoms. The van der Waals surface area contributed by atoms with Crippen molar-refractivity contribution < 1.29 is 4.79 Å². The van der Waals surface area contributed by atoms with E-state index < -0.39 is 0 Å². The lowest BCUT2D eigenvalue weighted by molar-refractivity contribution is -0.132. The van der Waals surface area contributed by atoms with Crippen LogP contribution in [0.4, 0.5) is 0 Å². The van der Waals surface area contributed by atoms with Crippen LogP contribution in [0.5, 0.6) is 0 Å². The van der Waals surface area contributed by atoms with Crippen LogP contribution in [-0.2, 0) is 4.79 Å². The molecule has 3 unspecified atom stereocenters. The number of rotatable bonds is 7. The Kier molecular flexibility index (Phi) is 5.82. The summed E-state index contributed by atoms with van der Waals surface area (Å²) in [5.74, 6) is 0.820. The molecule has 1 aliphatic heterocycles. The maximum absolute atomic E-state index is 12.9. The minimum Gasteiger partial charge on any atom is -0.319 e. The molecule has 21 heavy (non-hydrogen) atoms. The van der Waals surface area contributed by atoms with Crippen molar-refractivity contribution in [1.29, 1.82) is 0 Å². The number of nitrogens with one attached hydrogen (secondary N) is 1. The fraction of sp³-hybridized carbons (Fsp3) is 0.706. The largest absolute Gasteiger partial charge is 0.319 e. The third kappa shape index (κ3) is 3.67. The number of carbonyl (C=O) groups is 1. The highest BCUT2D eigenvalue weighted by molar-refractivity contribution is 7.07. The molecular weight excluding hydrogens is 280 g/mol. The maximum Gasteiger partial charge on any atom is 0.241 e. The van der Waals surface area contributed by atoms with Gasteiger partial charge in [-0.25, -0.2) is 0 Å². The van der Waals surface area contributed by atoms with Crippen LogP contribution in [0.25, 0.3) is 0 Å². The van der Waals surface area contributed by atoms with E-state index in [1.54, 1.807) is 11.3 Å². The van der Waals surface area contributed by atoms with Crippen LogP contribution >= 0.6 is 11.3 Å². The summed E-state index contributed by atoms with van der Waals surface area (Å²) in [6.07, 6.45) is 4.20. The minimum absolute atomic E-state index is 0.0270. The van der Waals surface area contributed by atoms with Gasteiger partial charge in [-0.2, -0.15) is 11.3 Å². The van der Waals surface area contributed by atoms with Gasteiger partial charge in [0.15, 0.2) is 0 Å². The Labute approximate surface area is 132 Å². The molecule has 1 N–H and O–H groups in total. The second kappa shape index (κ2) is 7.41. The summed E-state index contributed by atoms with van der Waals surface area (Å²) < 4.78 is 0. The first-order chi connectivity index (χ1) is 10.1. The molecule has 1 aromatic rings. The van der Waals surface area contributed by atoms with Crippen molar-refractivity contribution in [2.24, 2.45) is 5.92 Å². The summed E-state index contributed by atoms with van der Waals surface area (Å²) in [6.45, 7) is 8.75. The maximum atomic E-state index is 12.9. The number of nitrogens with zero attached hydrogens (tertiary/aromatic N) is 1. The van der Waals surface area contributed by atoms with Gasteiger partial charge in [-0.05, 0) is 47.6 Å². The van der Waals surface area contributed by atoms with Crippen LogP contribution in [0, 0.1) is 5.92 Å². The molecule has 0 saturated carbocycles. The molecule has 0 radical (unpaired) electrons. The van der Waals surface area contributed by atoms with E-state index in [1.165, 1.54) is 5.56 Å². The predicted molar refractivity (Wildman–Crippen MR) is 89.3 cm³/mol. The number of hydrogen-bond acceptors (Lipinski definition) is 3. The zero-order valence-electron chi connectivity index (χ0n) is 13.6. The van der Waals surface area contributed by atoms with Crippen molar-refractivity contribution in [3.05, 3.63) is 22.4 Å². The lowest BCUT2D eigenvalue weighted by Crippen LogP contribution is -2.40.